The molecule has 0 saturated carbocycles. The summed E-state index contributed by atoms with van der Waals surface area (Å²) >= 11 is 0. The van der Waals surface area contributed by atoms with Crippen LogP contribution >= 0.6 is 0 Å². The van der Waals surface area contributed by atoms with Crippen LogP contribution in [0.5, 0.6) is 5.75 Å². The molecule has 6 heteroatoms. The van der Waals surface area contributed by atoms with Gasteiger partial charge in [-0.05, 0) is 61.7 Å². The Morgan fingerprint density at radius 3 is 2.29 bits per heavy atom. The first kappa shape index (κ1) is 18.0. The summed E-state index contributed by atoms with van der Waals surface area (Å²) < 4.78 is 32.4. The van der Waals surface area contributed by atoms with Crippen molar-refractivity contribution in [1.82, 2.24) is 4.72 Å². The fraction of sp³-hybridized carbons (Fsp3) is 0.278. The Morgan fingerprint density at radius 1 is 1.12 bits per heavy atom. The van der Waals surface area contributed by atoms with Crippen LogP contribution in [-0.4, -0.2) is 21.6 Å². The second-order valence-corrected chi connectivity index (χ2v) is 7.26. The van der Waals surface area contributed by atoms with Gasteiger partial charge in [0.05, 0.1) is 23.6 Å². The van der Waals surface area contributed by atoms with Crippen molar-refractivity contribution in [1.29, 1.82) is 5.26 Å². The predicted molar refractivity (Wildman–Crippen MR) is 92.3 cm³/mol. The Kier molecular flexibility index (Phi) is 5.96. The molecular weight excluding hydrogens is 324 g/mol. The smallest absolute Gasteiger partial charge is 0.240 e. The summed E-state index contributed by atoms with van der Waals surface area (Å²) in [6.07, 6.45) is 1.45. The molecule has 0 aliphatic rings. The van der Waals surface area contributed by atoms with Crippen LogP contribution in [0.3, 0.4) is 0 Å². The maximum Gasteiger partial charge on any atom is 0.240 e. The molecule has 2 rings (SSSR count). The van der Waals surface area contributed by atoms with Gasteiger partial charge in [0.15, 0.2) is 0 Å². The summed E-state index contributed by atoms with van der Waals surface area (Å²) in [4.78, 5) is 0.165. The lowest BCUT2D eigenvalue weighted by atomic mass is 10.1. The summed E-state index contributed by atoms with van der Waals surface area (Å²) in [5, 5.41) is 8.76. The van der Waals surface area contributed by atoms with Crippen LogP contribution in [0.25, 0.3) is 0 Å². The van der Waals surface area contributed by atoms with Crippen molar-refractivity contribution in [3.05, 3.63) is 59.7 Å². The van der Waals surface area contributed by atoms with Crippen LogP contribution in [0, 0.1) is 11.3 Å². The van der Waals surface area contributed by atoms with Gasteiger partial charge in [0.25, 0.3) is 0 Å². The first-order valence-electron chi connectivity index (χ1n) is 7.60. The van der Waals surface area contributed by atoms with E-state index in [0.717, 1.165) is 17.7 Å². The lowest BCUT2D eigenvalue weighted by molar-refractivity contribution is 0.414. The summed E-state index contributed by atoms with van der Waals surface area (Å²) in [5.74, 6) is 0.799. The Morgan fingerprint density at radius 2 is 1.75 bits per heavy atom. The van der Waals surface area contributed by atoms with Gasteiger partial charge in [0, 0.05) is 6.04 Å². The van der Waals surface area contributed by atoms with E-state index in [0.29, 0.717) is 12.0 Å². The third-order valence-corrected chi connectivity index (χ3v) is 5.28. The minimum absolute atomic E-state index is 0.165. The molecule has 0 aromatic heterocycles. The van der Waals surface area contributed by atoms with E-state index in [9.17, 15) is 8.42 Å². The molecule has 0 radical (unpaired) electrons. The highest BCUT2D eigenvalue weighted by atomic mass is 32.2. The highest BCUT2D eigenvalue weighted by Gasteiger charge is 2.17. The SMILES string of the molecule is COc1ccc(CCC(C)NS(=O)(=O)c2ccc(C#N)cc2)cc1. The minimum Gasteiger partial charge on any atom is -0.497 e. The van der Waals surface area contributed by atoms with Crippen LogP contribution in [0.1, 0.15) is 24.5 Å². The first-order valence-corrected chi connectivity index (χ1v) is 9.08. The van der Waals surface area contributed by atoms with E-state index >= 15 is 0 Å². The molecule has 0 spiro atoms. The van der Waals surface area contributed by atoms with E-state index in [1.165, 1.54) is 24.3 Å². The molecule has 1 atom stereocenters. The highest BCUT2D eigenvalue weighted by molar-refractivity contribution is 7.89. The van der Waals surface area contributed by atoms with Crippen LogP contribution in [0.15, 0.2) is 53.4 Å². The molecule has 1 unspecified atom stereocenters. The van der Waals surface area contributed by atoms with E-state index in [1.54, 1.807) is 7.11 Å². The number of nitrogens with one attached hydrogen (secondary N) is 1. The zero-order valence-corrected chi connectivity index (χ0v) is 14.5. The maximum atomic E-state index is 12.3. The lowest BCUT2D eigenvalue weighted by Crippen LogP contribution is -2.32. The van der Waals surface area contributed by atoms with Crippen molar-refractivity contribution < 1.29 is 13.2 Å². The molecule has 0 fully saturated rings. The van der Waals surface area contributed by atoms with E-state index in [4.69, 9.17) is 10.00 Å². The van der Waals surface area contributed by atoms with Crippen molar-refractivity contribution in [2.24, 2.45) is 0 Å². The Labute approximate surface area is 142 Å². The second kappa shape index (κ2) is 7.95. The number of aryl methyl sites for hydroxylation is 1. The van der Waals surface area contributed by atoms with Gasteiger partial charge in [-0.15, -0.1) is 0 Å². The number of methoxy groups -OCH3 is 1. The standard InChI is InChI=1S/C18H20N2O3S/c1-14(3-4-15-5-9-17(23-2)10-6-15)20-24(21,22)18-11-7-16(13-19)8-12-18/h5-12,14,20H,3-4H2,1-2H3. The number of nitrogens with zero attached hydrogens (tertiary/aromatic N) is 1. The maximum absolute atomic E-state index is 12.3. The van der Waals surface area contributed by atoms with Crippen LogP contribution < -0.4 is 9.46 Å². The molecule has 1 N–H and O–H groups in total. The van der Waals surface area contributed by atoms with Gasteiger partial charge >= 0.3 is 0 Å². The van der Waals surface area contributed by atoms with Gasteiger partial charge in [0.2, 0.25) is 10.0 Å². The number of nitriles is 1. The number of hydrogen-bond acceptors (Lipinski definition) is 4. The van der Waals surface area contributed by atoms with E-state index in [1.807, 2.05) is 37.3 Å². The Bertz CT molecular complexity index is 807. The number of sulfonamides is 1. The summed E-state index contributed by atoms with van der Waals surface area (Å²) in [7, 11) is -1.96. The van der Waals surface area contributed by atoms with Crippen molar-refractivity contribution >= 4 is 10.0 Å². The number of rotatable bonds is 7. The zero-order chi connectivity index (χ0) is 17.6. The summed E-state index contributed by atoms with van der Waals surface area (Å²) in [6, 6.07) is 15.4. The van der Waals surface area contributed by atoms with Gasteiger partial charge in [-0.25, -0.2) is 13.1 Å². The fourth-order valence-corrected chi connectivity index (χ4v) is 3.55. The third kappa shape index (κ3) is 4.82. The van der Waals surface area contributed by atoms with E-state index in [-0.39, 0.29) is 10.9 Å². The molecule has 0 amide bonds. The van der Waals surface area contributed by atoms with Gasteiger partial charge in [-0.2, -0.15) is 5.26 Å². The van der Waals surface area contributed by atoms with Gasteiger partial charge in [-0.1, -0.05) is 12.1 Å². The van der Waals surface area contributed by atoms with E-state index < -0.39 is 10.0 Å². The number of benzene rings is 2. The third-order valence-electron chi connectivity index (χ3n) is 3.68. The second-order valence-electron chi connectivity index (χ2n) is 5.55. The quantitative estimate of drug-likeness (QED) is 0.837. The zero-order valence-electron chi connectivity index (χ0n) is 13.7. The van der Waals surface area contributed by atoms with Gasteiger partial charge in [-0.3, -0.25) is 0 Å². The molecule has 2 aromatic carbocycles. The van der Waals surface area contributed by atoms with Crippen LogP contribution in [0.2, 0.25) is 0 Å². The molecule has 5 nitrogen and oxygen atoms in total. The number of ether oxygens (including phenoxy) is 1. The average molecular weight is 344 g/mol. The monoisotopic (exact) mass is 344 g/mol. The van der Waals surface area contributed by atoms with Crippen molar-refractivity contribution in [3.8, 4) is 11.8 Å². The first-order chi connectivity index (χ1) is 11.4. The molecule has 2 aromatic rings. The summed E-state index contributed by atoms with van der Waals surface area (Å²) in [5.41, 5.74) is 1.56. The van der Waals surface area contributed by atoms with Crippen LogP contribution in [0.4, 0.5) is 0 Å². The van der Waals surface area contributed by atoms with Crippen molar-refractivity contribution in [2.75, 3.05) is 7.11 Å². The largest absolute Gasteiger partial charge is 0.497 e. The predicted octanol–water partition coefficient (Wildman–Crippen LogP) is 2.87. The molecule has 0 aliphatic heterocycles. The lowest BCUT2D eigenvalue weighted by Gasteiger charge is -2.14. The van der Waals surface area contributed by atoms with E-state index in [2.05, 4.69) is 4.72 Å². The topological polar surface area (TPSA) is 79.2 Å². The van der Waals surface area contributed by atoms with Gasteiger partial charge < -0.3 is 4.74 Å². The number of hydrogen-bond donors (Lipinski definition) is 1. The highest BCUT2D eigenvalue weighted by Crippen LogP contribution is 2.15. The average Bonchev–Trinajstić information content (AvgIpc) is 2.60. The normalized spacial score (nSPS) is 12.4. The molecule has 126 valence electrons. The minimum atomic E-state index is -3.58. The van der Waals surface area contributed by atoms with Crippen molar-refractivity contribution in [2.45, 2.75) is 30.7 Å². The molecule has 0 aliphatic carbocycles. The van der Waals surface area contributed by atoms with Gasteiger partial charge in [0.1, 0.15) is 5.75 Å². The molecular formula is C18H20N2O3S. The summed E-state index contributed by atoms with van der Waals surface area (Å²) in [6.45, 7) is 1.84. The molecule has 0 saturated heterocycles. The molecule has 0 heterocycles. The molecule has 24 heavy (non-hydrogen) atoms. The Hall–Kier alpha value is -2.36. The Balaban J connectivity index is 1.94. The fourth-order valence-electron chi connectivity index (χ4n) is 2.28. The van der Waals surface area contributed by atoms with Crippen LogP contribution in [-0.2, 0) is 16.4 Å². The molecule has 0 bridgehead atoms. The van der Waals surface area contributed by atoms with Crippen molar-refractivity contribution in [3.63, 3.8) is 0 Å².